The van der Waals surface area contributed by atoms with Gasteiger partial charge in [0.25, 0.3) is 0 Å². The Morgan fingerprint density at radius 2 is 1.76 bits per heavy atom. The van der Waals surface area contributed by atoms with Crippen LogP contribution in [0.25, 0.3) is 0 Å². The summed E-state index contributed by atoms with van der Waals surface area (Å²) in [6, 6.07) is 10.5. The number of guanidine groups is 1. The normalized spacial score (nSPS) is 42.6. The number of carbonyl (C=O) groups excluding carboxylic acids is 3. The van der Waals surface area contributed by atoms with Crippen molar-refractivity contribution in [2.75, 3.05) is 13.2 Å². The molecule has 7 aliphatic carbocycles. The van der Waals surface area contributed by atoms with Crippen LogP contribution in [0.4, 0.5) is 0 Å². The highest BCUT2D eigenvalue weighted by Gasteiger charge is 2.74. The summed E-state index contributed by atoms with van der Waals surface area (Å²) >= 11 is 0. The number of nitrogens with two attached hydrogens (primary N) is 1. The molecule has 21 atom stereocenters. The van der Waals surface area contributed by atoms with Gasteiger partial charge in [0.1, 0.15) is 12.1 Å². The van der Waals surface area contributed by atoms with Crippen molar-refractivity contribution in [1.29, 1.82) is 0 Å². The smallest absolute Gasteiger partial charge is 0.314 e. The summed E-state index contributed by atoms with van der Waals surface area (Å²) in [6.07, 6.45) is 9.24. The zero-order chi connectivity index (χ0) is 56.3. The van der Waals surface area contributed by atoms with Crippen LogP contribution < -0.4 is 16.4 Å². The van der Waals surface area contributed by atoms with Gasteiger partial charge in [0.05, 0.1) is 54.3 Å². The number of aliphatic hydroxyl groups is 6. The highest BCUT2D eigenvalue weighted by Crippen LogP contribution is 2.72. The van der Waals surface area contributed by atoms with Crippen LogP contribution in [0, 0.1) is 87.8 Å². The van der Waals surface area contributed by atoms with Gasteiger partial charge in [-0.15, -0.1) is 5.92 Å². The van der Waals surface area contributed by atoms with E-state index in [1.807, 2.05) is 55.7 Å². The van der Waals surface area contributed by atoms with Crippen LogP contribution >= 0.6 is 0 Å². The van der Waals surface area contributed by atoms with Gasteiger partial charge >= 0.3 is 5.97 Å². The van der Waals surface area contributed by atoms with E-state index in [0.29, 0.717) is 43.2 Å². The number of Topliss-reactive ketones (excluding diaryl/α,β-unsaturated/α-hetero) is 2. The number of hydrogen-bond donors (Lipinski definition) is 10. The second-order valence-corrected chi connectivity index (χ2v) is 26.4. The second-order valence-electron chi connectivity index (χ2n) is 26.4. The Bertz CT molecular complexity index is 2730. The maximum Gasteiger partial charge on any atom is 0.314 e. The van der Waals surface area contributed by atoms with Crippen LogP contribution in [0.1, 0.15) is 148 Å². The summed E-state index contributed by atoms with van der Waals surface area (Å²) in [5.74, 6) is 4.06. The number of allylic oxidation sites excluding steroid dienone is 3. The lowest BCUT2D eigenvalue weighted by Gasteiger charge is -2.62. The Kier molecular flexibility index (Phi) is 16.4. The lowest BCUT2D eigenvalue weighted by Crippen LogP contribution is -2.66. The molecule has 79 heavy (non-hydrogen) atoms. The Morgan fingerprint density at radius 3 is 2.47 bits per heavy atom. The SMILES string of the molecule is CCC1OC(=O)C(c2cc[nH]c2)C1C1C#CCC2CC3(O)C4=C(NC(CO)C(C)=O)C(=O)C5CC(O)C(O)CC5(C)C4CCC3(CCNC(N)=NCc3ccccc3)C2C(C)(O)C(O)CC(C)C2CC=C3CCC(C)CC3C2C1. The number of fused-ring (bicyclic) bond motifs is 10. The predicted molar refractivity (Wildman–Crippen MR) is 300 cm³/mol. The van der Waals surface area contributed by atoms with Crippen molar-refractivity contribution in [3.63, 3.8) is 0 Å². The van der Waals surface area contributed by atoms with E-state index in [2.05, 4.69) is 59.3 Å². The molecule has 8 aliphatic rings. The first-order chi connectivity index (χ1) is 37.7. The van der Waals surface area contributed by atoms with Crippen molar-refractivity contribution in [3.8, 4) is 11.8 Å². The zero-order valence-electron chi connectivity index (χ0n) is 47.4. The number of rotatable bonds is 12. The van der Waals surface area contributed by atoms with Gasteiger partial charge in [0.15, 0.2) is 17.5 Å². The number of aromatic amines is 1. The van der Waals surface area contributed by atoms with Crippen molar-refractivity contribution in [3.05, 3.63) is 82.8 Å². The first-order valence-corrected chi connectivity index (χ1v) is 29.9. The number of benzene rings is 1. The molecule has 0 spiro atoms. The van der Waals surface area contributed by atoms with E-state index in [4.69, 9.17) is 10.5 Å². The first-order valence-electron chi connectivity index (χ1n) is 29.9. The van der Waals surface area contributed by atoms with Gasteiger partial charge in [-0.25, -0.2) is 4.99 Å². The molecule has 21 unspecified atom stereocenters. The lowest BCUT2D eigenvalue weighted by atomic mass is 9.44. The van der Waals surface area contributed by atoms with Gasteiger partial charge in [-0.1, -0.05) is 75.6 Å². The molecule has 0 bridgehead atoms. The van der Waals surface area contributed by atoms with E-state index < -0.39 is 94.1 Å². The maximum atomic E-state index is 15.5. The van der Waals surface area contributed by atoms with Crippen LogP contribution in [0.15, 0.2) is 76.7 Å². The Labute approximate surface area is 467 Å². The minimum atomic E-state index is -1.90. The number of hydrogen-bond acceptors (Lipinski definition) is 12. The van der Waals surface area contributed by atoms with Crippen LogP contribution in [-0.2, 0) is 25.7 Å². The number of nitrogens with one attached hydrogen (secondary N) is 3. The molecule has 11 N–H and O–H groups in total. The third-order valence-electron chi connectivity index (χ3n) is 22.0. The van der Waals surface area contributed by atoms with Gasteiger partial charge in [-0.05, 0) is 167 Å². The molecule has 2 aromatic rings. The van der Waals surface area contributed by atoms with Crippen LogP contribution in [-0.4, -0.2) is 114 Å². The Hall–Kier alpha value is -4.82. The number of carbonyl (C=O) groups is 3. The molecule has 4 saturated carbocycles. The molecule has 0 amide bonds. The minimum absolute atomic E-state index is 0.0221. The van der Waals surface area contributed by atoms with E-state index in [0.717, 1.165) is 43.2 Å². The second kappa shape index (κ2) is 22.5. The van der Waals surface area contributed by atoms with Crippen LogP contribution in [0.5, 0.6) is 0 Å². The van der Waals surface area contributed by atoms with E-state index in [1.54, 1.807) is 6.92 Å². The highest BCUT2D eigenvalue weighted by molar-refractivity contribution is 6.00. The third kappa shape index (κ3) is 10.1. The molecule has 5 fully saturated rings. The number of aliphatic imine (C=N–C) groups is 1. The number of cyclic esters (lactones) is 1. The fourth-order valence-corrected chi connectivity index (χ4v) is 18.1. The number of aliphatic hydroxyl groups excluding tert-OH is 4. The molecule has 10 rings (SSSR count). The molecular weight excluding hydrogens is 999 g/mol. The topological polar surface area (TPSA) is 260 Å². The largest absolute Gasteiger partial charge is 0.462 e. The number of aromatic nitrogens is 1. The Balaban J connectivity index is 1.14. The molecule has 1 aromatic heterocycles. The van der Waals surface area contributed by atoms with Crippen LogP contribution in [0.2, 0.25) is 0 Å². The number of nitrogens with zero attached hydrogens (tertiary/aromatic N) is 1. The Morgan fingerprint density at radius 1 is 0.987 bits per heavy atom. The van der Waals surface area contributed by atoms with E-state index in [1.165, 1.54) is 12.5 Å². The number of esters is 1. The average molecular weight is 1090 g/mol. The van der Waals surface area contributed by atoms with Crippen molar-refractivity contribution in [1.82, 2.24) is 15.6 Å². The van der Waals surface area contributed by atoms with Gasteiger partial charge in [-0.2, -0.15) is 0 Å². The van der Waals surface area contributed by atoms with Gasteiger partial charge in [-0.3, -0.25) is 14.4 Å². The molecule has 0 radical (unpaired) electrons. The molecule has 15 nitrogen and oxygen atoms in total. The highest BCUT2D eigenvalue weighted by atomic mass is 16.6. The maximum absolute atomic E-state index is 15.5. The fraction of sp³-hybridized carbons (Fsp3) is 0.688. The van der Waals surface area contributed by atoms with E-state index in [9.17, 15) is 40.2 Å². The standard InChI is InChI=1S/C64H89N5O10/c1-7-51-53(54(59(76)79-51)42-21-24-66-33-42)40-14-11-15-41-30-64(78)55-46(61(5)31-50(73)49(72)29-47(61)57(75)56(55)69-48(34-70)37(4)71)20-22-63(64,23-25-67-60(65)68-32-38-12-9-8-10-13-38)58(41)62(6,77)52(74)27-36(3)43-19-18-39-17-16-35(2)26-44(39)45(43)28-40/h8-10,12-13,18,21,24,33,35-36,40-41,43-54,58,66,69-70,72-74,77-78H,7,15-17,19-20,22-23,25-32,34H2,1-6H3,(H3,65,67,68). The first kappa shape index (κ1) is 57.4. The molecule has 15 heteroatoms. The molecule has 1 saturated heterocycles. The van der Waals surface area contributed by atoms with Gasteiger partial charge in [0.2, 0.25) is 0 Å². The minimum Gasteiger partial charge on any atom is -0.462 e. The van der Waals surface area contributed by atoms with Crippen molar-refractivity contribution >= 4 is 23.5 Å². The fourth-order valence-electron chi connectivity index (χ4n) is 18.1. The summed E-state index contributed by atoms with van der Waals surface area (Å²) in [6.45, 7) is 11.6. The predicted octanol–water partition coefficient (Wildman–Crippen LogP) is 6.37. The number of ether oxygens (including phenoxy) is 1. The summed E-state index contributed by atoms with van der Waals surface area (Å²) in [7, 11) is 0. The van der Waals surface area contributed by atoms with Gasteiger partial charge < -0.3 is 56.7 Å². The van der Waals surface area contributed by atoms with Gasteiger partial charge in [0, 0.05) is 54.4 Å². The third-order valence-corrected chi connectivity index (χ3v) is 22.0. The summed E-state index contributed by atoms with van der Waals surface area (Å²) in [5, 5.41) is 81.3. The lowest BCUT2D eigenvalue weighted by molar-refractivity contribution is -0.190. The summed E-state index contributed by atoms with van der Waals surface area (Å²) in [4.78, 5) is 50.7. The molecular formula is C64H89N5O10. The van der Waals surface area contributed by atoms with Crippen molar-refractivity contribution in [2.24, 2.45) is 86.7 Å². The zero-order valence-corrected chi connectivity index (χ0v) is 47.4. The average Bonchev–Trinajstić information content (AvgIpc) is 2.25. The summed E-state index contributed by atoms with van der Waals surface area (Å²) in [5.41, 5.74) is 4.44. The summed E-state index contributed by atoms with van der Waals surface area (Å²) < 4.78 is 6.30. The monoisotopic (exact) mass is 1090 g/mol. The molecule has 1 aromatic carbocycles. The molecule has 430 valence electrons. The number of ketones is 2. The van der Waals surface area contributed by atoms with Crippen molar-refractivity contribution in [2.45, 2.75) is 186 Å². The number of H-pyrrole nitrogens is 1. The van der Waals surface area contributed by atoms with Crippen LogP contribution in [0.3, 0.4) is 0 Å². The molecule has 1 aliphatic heterocycles. The van der Waals surface area contributed by atoms with E-state index in [-0.39, 0.29) is 98.4 Å². The quantitative estimate of drug-likeness (QED) is 0.0365. The van der Waals surface area contributed by atoms with E-state index >= 15 is 4.79 Å². The molecule has 2 heterocycles. The van der Waals surface area contributed by atoms with Crippen molar-refractivity contribution < 1.29 is 49.8 Å².